The van der Waals surface area contributed by atoms with Crippen molar-refractivity contribution < 1.29 is 27.4 Å². The van der Waals surface area contributed by atoms with Crippen LogP contribution in [0.5, 0.6) is 5.75 Å². The summed E-state index contributed by atoms with van der Waals surface area (Å²) in [5.41, 5.74) is -1.25. The largest absolute Gasteiger partial charge is 0.497 e. The minimum Gasteiger partial charge on any atom is -0.497 e. The number of amides is 1. The van der Waals surface area contributed by atoms with Crippen molar-refractivity contribution in [2.75, 3.05) is 14.2 Å². The Morgan fingerprint density at radius 3 is 2.50 bits per heavy atom. The van der Waals surface area contributed by atoms with Crippen LogP contribution in [-0.2, 0) is 16.0 Å². The van der Waals surface area contributed by atoms with Gasteiger partial charge >= 0.3 is 6.18 Å². The van der Waals surface area contributed by atoms with Gasteiger partial charge in [0.15, 0.2) is 0 Å². The van der Waals surface area contributed by atoms with Gasteiger partial charge in [0.2, 0.25) is 5.91 Å². The van der Waals surface area contributed by atoms with Crippen molar-refractivity contribution in [3.8, 4) is 5.75 Å². The number of methoxy groups -OCH3 is 2. The zero-order chi connectivity index (χ0) is 21.8. The zero-order valence-corrected chi connectivity index (χ0v) is 16.8. The van der Waals surface area contributed by atoms with E-state index in [9.17, 15) is 18.0 Å². The van der Waals surface area contributed by atoms with Crippen LogP contribution in [0, 0.1) is 0 Å². The minimum atomic E-state index is -4.82. The number of hydrazone groups is 1. The van der Waals surface area contributed by atoms with Gasteiger partial charge in [-0.25, -0.2) is 0 Å². The molecule has 0 N–H and O–H groups in total. The highest BCUT2D eigenvalue weighted by molar-refractivity contribution is 6.03. The minimum absolute atomic E-state index is 0.0784. The normalized spacial score (nSPS) is 19.0. The number of rotatable bonds is 7. The second kappa shape index (κ2) is 8.87. The molecule has 0 saturated heterocycles. The maximum Gasteiger partial charge on any atom is 0.439 e. The maximum absolute atomic E-state index is 14.0. The van der Waals surface area contributed by atoms with Crippen LogP contribution in [0.15, 0.2) is 59.7 Å². The quantitative estimate of drug-likeness (QED) is 0.660. The fourth-order valence-electron chi connectivity index (χ4n) is 3.45. The lowest BCUT2D eigenvalue weighted by atomic mass is 10.00. The standard InChI is InChI=1S/C22H23F3N2O3/c1-29-18-12-7-11-17(14-18)19-15-21(30-2,22(23,24)25)27(26-19)20(28)13-6-10-16-8-4-3-5-9-16/h3-5,7-9,11-12,14H,6,10,13,15H2,1-2H3. The Balaban J connectivity index is 1.84. The van der Waals surface area contributed by atoms with Gasteiger partial charge in [0, 0.05) is 19.1 Å². The Kier molecular flexibility index (Phi) is 6.45. The SMILES string of the molecule is COc1cccc(C2=NN(C(=O)CCCc3ccccc3)C(OC)(C(F)(F)F)C2)c1. The van der Waals surface area contributed by atoms with Crippen LogP contribution in [0.3, 0.4) is 0 Å². The molecule has 1 atom stereocenters. The van der Waals surface area contributed by atoms with Crippen LogP contribution in [0.2, 0.25) is 0 Å². The van der Waals surface area contributed by atoms with Gasteiger partial charge in [-0.3, -0.25) is 4.79 Å². The summed E-state index contributed by atoms with van der Waals surface area (Å²) < 4.78 is 52.1. The molecule has 1 amide bonds. The highest BCUT2D eigenvalue weighted by Crippen LogP contribution is 2.44. The summed E-state index contributed by atoms with van der Waals surface area (Å²) >= 11 is 0. The van der Waals surface area contributed by atoms with Crippen molar-refractivity contribution in [3.05, 3.63) is 65.7 Å². The molecule has 1 aliphatic heterocycles. The van der Waals surface area contributed by atoms with Crippen molar-refractivity contribution in [1.29, 1.82) is 0 Å². The van der Waals surface area contributed by atoms with Gasteiger partial charge in [-0.15, -0.1) is 0 Å². The highest BCUT2D eigenvalue weighted by Gasteiger charge is 2.64. The Hall–Kier alpha value is -2.87. The lowest BCUT2D eigenvalue weighted by Gasteiger charge is -2.36. The Morgan fingerprint density at radius 1 is 1.13 bits per heavy atom. The number of benzene rings is 2. The van der Waals surface area contributed by atoms with E-state index in [1.165, 1.54) is 7.11 Å². The summed E-state index contributed by atoms with van der Waals surface area (Å²) in [6.45, 7) is 0. The first-order valence-corrected chi connectivity index (χ1v) is 9.51. The summed E-state index contributed by atoms with van der Waals surface area (Å²) in [6.07, 6.45) is -4.50. The van der Waals surface area contributed by atoms with Gasteiger partial charge in [0.25, 0.3) is 5.72 Å². The number of hydrogen-bond donors (Lipinski definition) is 0. The zero-order valence-electron chi connectivity index (χ0n) is 16.8. The molecule has 2 aromatic rings. The molecule has 0 spiro atoms. The van der Waals surface area contributed by atoms with Gasteiger partial charge in [0.05, 0.1) is 19.2 Å². The molecule has 5 nitrogen and oxygen atoms in total. The smallest absolute Gasteiger partial charge is 0.439 e. The lowest BCUT2D eigenvalue weighted by molar-refractivity contribution is -0.311. The summed E-state index contributed by atoms with van der Waals surface area (Å²) in [6, 6.07) is 16.0. The molecule has 1 unspecified atom stereocenters. The molecule has 0 aromatic heterocycles. The molecule has 160 valence electrons. The molecule has 0 bridgehead atoms. The number of ether oxygens (including phenoxy) is 2. The van der Waals surface area contributed by atoms with Crippen molar-refractivity contribution in [1.82, 2.24) is 5.01 Å². The van der Waals surface area contributed by atoms with Crippen molar-refractivity contribution in [2.45, 2.75) is 37.6 Å². The molecule has 30 heavy (non-hydrogen) atoms. The molecule has 1 heterocycles. The van der Waals surface area contributed by atoms with Gasteiger partial charge in [-0.05, 0) is 30.5 Å². The summed E-state index contributed by atoms with van der Waals surface area (Å²) in [5, 5.41) is 4.52. The summed E-state index contributed by atoms with van der Waals surface area (Å²) in [7, 11) is 2.41. The third-order valence-corrected chi connectivity index (χ3v) is 5.09. The first-order chi connectivity index (χ1) is 14.3. The topological polar surface area (TPSA) is 51.1 Å². The number of carbonyl (C=O) groups is 1. The fourth-order valence-corrected chi connectivity index (χ4v) is 3.45. The average Bonchev–Trinajstić information content (AvgIpc) is 3.16. The van der Waals surface area contributed by atoms with E-state index < -0.39 is 24.2 Å². The Morgan fingerprint density at radius 2 is 1.87 bits per heavy atom. The van der Waals surface area contributed by atoms with E-state index in [0.717, 1.165) is 12.7 Å². The monoisotopic (exact) mass is 420 g/mol. The number of alkyl halides is 3. The van der Waals surface area contributed by atoms with Gasteiger partial charge in [-0.2, -0.15) is 23.3 Å². The van der Waals surface area contributed by atoms with E-state index >= 15 is 0 Å². The molecular weight excluding hydrogens is 397 g/mol. The predicted octanol–water partition coefficient (Wildman–Crippen LogP) is 4.56. The summed E-state index contributed by atoms with van der Waals surface area (Å²) in [4.78, 5) is 12.8. The second-order valence-corrected chi connectivity index (χ2v) is 6.99. The van der Waals surface area contributed by atoms with Crippen LogP contribution in [0.1, 0.15) is 30.4 Å². The number of aryl methyl sites for hydroxylation is 1. The highest BCUT2D eigenvalue weighted by atomic mass is 19.4. The molecule has 0 aliphatic carbocycles. The average molecular weight is 420 g/mol. The van der Waals surface area contributed by atoms with Crippen molar-refractivity contribution in [3.63, 3.8) is 0 Å². The molecule has 0 radical (unpaired) electrons. The van der Waals surface area contributed by atoms with E-state index in [1.807, 2.05) is 30.3 Å². The molecule has 3 rings (SSSR count). The van der Waals surface area contributed by atoms with Gasteiger partial charge in [-0.1, -0.05) is 42.5 Å². The van der Waals surface area contributed by atoms with Crippen LogP contribution in [-0.4, -0.2) is 42.7 Å². The van der Waals surface area contributed by atoms with Gasteiger partial charge in [0.1, 0.15) is 5.75 Å². The summed E-state index contributed by atoms with van der Waals surface area (Å²) in [5.74, 6) is -0.249. The number of nitrogens with zero attached hydrogens (tertiary/aromatic N) is 2. The third-order valence-electron chi connectivity index (χ3n) is 5.09. The fraction of sp³-hybridized carbons (Fsp3) is 0.364. The molecule has 2 aromatic carbocycles. The van der Waals surface area contributed by atoms with E-state index in [1.54, 1.807) is 24.3 Å². The second-order valence-electron chi connectivity index (χ2n) is 6.99. The van der Waals surface area contributed by atoms with Crippen molar-refractivity contribution in [2.24, 2.45) is 5.10 Å². The van der Waals surface area contributed by atoms with Crippen molar-refractivity contribution >= 4 is 11.6 Å². The first kappa shape index (κ1) is 21.8. The molecule has 8 heteroatoms. The molecule has 0 saturated carbocycles. The van der Waals surface area contributed by atoms with E-state index in [4.69, 9.17) is 9.47 Å². The molecule has 1 aliphatic rings. The van der Waals surface area contributed by atoms with Gasteiger partial charge < -0.3 is 9.47 Å². The van der Waals surface area contributed by atoms with Crippen LogP contribution in [0.4, 0.5) is 13.2 Å². The van der Waals surface area contributed by atoms with E-state index in [-0.39, 0.29) is 12.1 Å². The lowest BCUT2D eigenvalue weighted by Crippen LogP contribution is -2.58. The van der Waals surface area contributed by atoms with E-state index in [2.05, 4.69) is 5.10 Å². The van der Waals surface area contributed by atoms with Crippen LogP contribution >= 0.6 is 0 Å². The Bertz CT molecular complexity index is 915. The Labute approximate surface area is 173 Å². The van der Waals surface area contributed by atoms with Crippen LogP contribution in [0.25, 0.3) is 0 Å². The number of halogens is 3. The molecular formula is C22H23F3N2O3. The predicted molar refractivity (Wildman–Crippen MR) is 106 cm³/mol. The van der Waals surface area contributed by atoms with E-state index in [0.29, 0.717) is 29.2 Å². The maximum atomic E-state index is 14.0. The first-order valence-electron chi connectivity index (χ1n) is 9.51. The number of carbonyl (C=O) groups excluding carboxylic acids is 1. The van der Waals surface area contributed by atoms with Crippen LogP contribution < -0.4 is 4.74 Å². The number of hydrogen-bond acceptors (Lipinski definition) is 4. The third kappa shape index (κ3) is 4.33. The molecule has 0 fully saturated rings.